The van der Waals surface area contributed by atoms with Gasteiger partial charge in [-0.05, 0) is 38.7 Å². The van der Waals surface area contributed by atoms with Crippen molar-refractivity contribution in [1.82, 2.24) is 9.13 Å². The molecule has 0 saturated heterocycles. The Morgan fingerprint density at radius 2 is 2.03 bits per heavy atom. The number of nitriles is 1. The molecule has 2 aromatic rings. The Hall–Kier alpha value is -3.19. The van der Waals surface area contributed by atoms with Gasteiger partial charge in [0, 0.05) is 17.1 Å². The van der Waals surface area contributed by atoms with E-state index in [0.29, 0.717) is 42.1 Å². The summed E-state index contributed by atoms with van der Waals surface area (Å²) in [6.07, 6.45) is 1.73. The lowest BCUT2D eigenvalue weighted by Crippen LogP contribution is -2.44. The number of carbonyl (C=O) groups excluding carboxylic acids is 2. The fourth-order valence-electron chi connectivity index (χ4n) is 3.71. The first kappa shape index (κ1) is 21.5. The maximum Gasteiger partial charge on any atom is 0.341 e. The van der Waals surface area contributed by atoms with Crippen LogP contribution in [0.2, 0.25) is 0 Å². The van der Waals surface area contributed by atoms with Gasteiger partial charge in [-0.1, -0.05) is 6.92 Å². The molecule has 0 fully saturated rings. The van der Waals surface area contributed by atoms with E-state index in [9.17, 15) is 24.4 Å². The number of aromatic nitrogens is 2. The van der Waals surface area contributed by atoms with Crippen molar-refractivity contribution < 1.29 is 14.3 Å². The van der Waals surface area contributed by atoms with Crippen molar-refractivity contribution in [3.05, 3.63) is 48.1 Å². The molecule has 1 amide bonds. The first-order valence-electron chi connectivity index (χ1n) is 9.69. The summed E-state index contributed by atoms with van der Waals surface area (Å²) in [5.41, 5.74) is 0.0284. The van der Waals surface area contributed by atoms with Gasteiger partial charge in [0.25, 0.3) is 5.56 Å². The highest BCUT2D eigenvalue weighted by Crippen LogP contribution is 2.34. The van der Waals surface area contributed by atoms with Gasteiger partial charge in [0.05, 0.1) is 12.2 Å². The summed E-state index contributed by atoms with van der Waals surface area (Å²) in [6.45, 7) is 5.50. The quantitative estimate of drug-likeness (QED) is 0.694. The minimum absolute atomic E-state index is 0.104. The fourth-order valence-corrected chi connectivity index (χ4v) is 4.86. The smallest absolute Gasteiger partial charge is 0.341 e. The molecule has 158 valence electrons. The number of carbonyl (C=O) groups is 2. The van der Waals surface area contributed by atoms with Crippen LogP contribution < -0.4 is 16.6 Å². The van der Waals surface area contributed by atoms with Crippen LogP contribution in [0.15, 0.2) is 9.59 Å². The van der Waals surface area contributed by atoms with Gasteiger partial charge in [-0.15, -0.1) is 11.3 Å². The summed E-state index contributed by atoms with van der Waals surface area (Å²) in [6, 6.07) is 1.86. The first-order chi connectivity index (χ1) is 14.3. The molecule has 0 aliphatic carbocycles. The van der Waals surface area contributed by atoms with Crippen molar-refractivity contribution in [2.75, 3.05) is 11.9 Å². The molecule has 0 atom stereocenters. The molecule has 0 bridgehead atoms. The third-order valence-electron chi connectivity index (χ3n) is 5.04. The number of aryl methyl sites for hydroxylation is 1. The largest absolute Gasteiger partial charge is 0.462 e. The average molecular weight is 430 g/mol. The van der Waals surface area contributed by atoms with E-state index in [1.807, 2.05) is 19.9 Å². The first-order valence-corrected chi connectivity index (χ1v) is 10.5. The second-order valence-electron chi connectivity index (χ2n) is 6.83. The van der Waals surface area contributed by atoms with Crippen LogP contribution in [-0.4, -0.2) is 27.6 Å². The summed E-state index contributed by atoms with van der Waals surface area (Å²) < 4.78 is 7.26. The Kier molecular flexibility index (Phi) is 6.22. The molecular weight excluding hydrogens is 408 g/mol. The maximum atomic E-state index is 12.7. The lowest BCUT2D eigenvalue weighted by molar-refractivity contribution is -0.116. The zero-order chi connectivity index (χ0) is 22.0. The lowest BCUT2D eigenvalue weighted by atomic mass is 10.1. The Morgan fingerprint density at radius 1 is 1.30 bits per heavy atom. The molecule has 1 aliphatic rings. The molecule has 0 saturated carbocycles. The summed E-state index contributed by atoms with van der Waals surface area (Å²) in [4.78, 5) is 51.2. The topological polar surface area (TPSA) is 123 Å². The number of hydrogen-bond donors (Lipinski definition) is 1. The zero-order valence-corrected chi connectivity index (χ0v) is 17.9. The highest BCUT2D eigenvalue weighted by molar-refractivity contribution is 7.16. The second kappa shape index (κ2) is 8.67. The zero-order valence-electron chi connectivity index (χ0n) is 17.0. The molecule has 0 aromatic carbocycles. The van der Waals surface area contributed by atoms with E-state index in [1.165, 1.54) is 15.9 Å². The highest BCUT2D eigenvalue weighted by atomic mass is 32.1. The molecule has 1 aliphatic heterocycles. The van der Waals surface area contributed by atoms with E-state index < -0.39 is 29.7 Å². The number of anilines is 1. The van der Waals surface area contributed by atoms with E-state index in [0.717, 1.165) is 15.0 Å². The number of amides is 1. The van der Waals surface area contributed by atoms with Crippen LogP contribution in [-0.2, 0) is 35.5 Å². The van der Waals surface area contributed by atoms with E-state index in [4.69, 9.17) is 4.74 Å². The highest BCUT2D eigenvalue weighted by Gasteiger charge is 2.26. The van der Waals surface area contributed by atoms with Crippen molar-refractivity contribution in [2.24, 2.45) is 0 Å². The van der Waals surface area contributed by atoms with Gasteiger partial charge in [-0.3, -0.25) is 14.2 Å². The molecule has 2 aromatic heterocycles. The van der Waals surface area contributed by atoms with Crippen LogP contribution in [0.4, 0.5) is 5.00 Å². The number of fused-ring (bicyclic) bond motifs is 1. The van der Waals surface area contributed by atoms with Crippen LogP contribution in [0.3, 0.4) is 0 Å². The van der Waals surface area contributed by atoms with Gasteiger partial charge in [-0.2, -0.15) is 5.26 Å². The average Bonchev–Trinajstić information content (AvgIpc) is 3.30. The Balaban J connectivity index is 1.95. The monoisotopic (exact) mass is 430 g/mol. The van der Waals surface area contributed by atoms with Crippen LogP contribution in [0.25, 0.3) is 0 Å². The molecule has 9 nitrogen and oxygen atoms in total. The standard InChI is InChI=1S/C20H22N4O5S/c1-4-12-11(3)30-17(16(12)19(27)29-5-2)22-15(25)10-24-18(26)13(9-21)14-7-6-8-23(14)20(24)28/h4-8,10H2,1-3H3,(H,22,25). The predicted octanol–water partition coefficient (Wildman–Crippen LogP) is 1.58. The molecule has 0 unspecified atom stereocenters. The summed E-state index contributed by atoms with van der Waals surface area (Å²) in [7, 11) is 0. The minimum atomic E-state index is -0.770. The molecule has 3 rings (SSSR count). The summed E-state index contributed by atoms with van der Waals surface area (Å²) in [5.74, 6) is -1.17. The number of ether oxygens (including phenoxy) is 1. The maximum absolute atomic E-state index is 12.7. The predicted molar refractivity (Wildman–Crippen MR) is 111 cm³/mol. The molecule has 30 heavy (non-hydrogen) atoms. The normalized spacial score (nSPS) is 12.3. The van der Waals surface area contributed by atoms with E-state index in [2.05, 4.69) is 5.32 Å². The fraction of sp³-hybridized carbons (Fsp3) is 0.450. The minimum Gasteiger partial charge on any atom is -0.462 e. The van der Waals surface area contributed by atoms with Gasteiger partial charge in [0.1, 0.15) is 23.2 Å². The molecule has 0 radical (unpaired) electrons. The van der Waals surface area contributed by atoms with Crippen molar-refractivity contribution in [3.63, 3.8) is 0 Å². The number of hydrogen-bond acceptors (Lipinski definition) is 7. The number of thiophene rings is 1. The van der Waals surface area contributed by atoms with Gasteiger partial charge in [0.15, 0.2) is 0 Å². The lowest BCUT2D eigenvalue weighted by Gasteiger charge is -2.11. The summed E-state index contributed by atoms with van der Waals surface area (Å²) in [5, 5.41) is 12.3. The molecular formula is C20H22N4O5S. The van der Waals surface area contributed by atoms with Crippen molar-refractivity contribution in [2.45, 2.75) is 53.1 Å². The van der Waals surface area contributed by atoms with E-state index in [1.54, 1.807) is 6.92 Å². The molecule has 0 spiro atoms. The van der Waals surface area contributed by atoms with Crippen molar-refractivity contribution in [1.29, 1.82) is 5.26 Å². The second-order valence-corrected chi connectivity index (χ2v) is 8.05. The van der Waals surface area contributed by atoms with Crippen molar-refractivity contribution in [3.8, 4) is 6.07 Å². The van der Waals surface area contributed by atoms with Gasteiger partial charge in [-0.25, -0.2) is 14.2 Å². The van der Waals surface area contributed by atoms with E-state index >= 15 is 0 Å². The van der Waals surface area contributed by atoms with Crippen LogP contribution in [0.5, 0.6) is 0 Å². The van der Waals surface area contributed by atoms with Gasteiger partial charge >= 0.3 is 11.7 Å². The van der Waals surface area contributed by atoms with E-state index in [-0.39, 0.29) is 12.2 Å². The third-order valence-corrected chi connectivity index (χ3v) is 6.10. The number of nitrogens with one attached hydrogen (secondary N) is 1. The SMILES string of the molecule is CCOC(=O)c1c(NC(=O)Cn2c(=O)c(C#N)c3n(c2=O)CCC3)sc(C)c1CC. The molecule has 1 N–H and O–H groups in total. The number of rotatable bonds is 6. The van der Waals surface area contributed by atoms with Crippen LogP contribution in [0.1, 0.15) is 52.3 Å². The summed E-state index contributed by atoms with van der Waals surface area (Å²) >= 11 is 1.24. The number of nitrogens with zero attached hydrogens (tertiary/aromatic N) is 3. The number of esters is 1. The van der Waals surface area contributed by atoms with Crippen LogP contribution >= 0.6 is 11.3 Å². The van der Waals surface area contributed by atoms with Crippen LogP contribution in [0, 0.1) is 18.3 Å². The molecule has 10 heteroatoms. The van der Waals surface area contributed by atoms with Crippen molar-refractivity contribution >= 4 is 28.2 Å². The Labute approximate surface area is 176 Å². The third kappa shape index (κ3) is 3.68. The van der Waals surface area contributed by atoms with Gasteiger partial charge < -0.3 is 10.1 Å². The Morgan fingerprint density at radius 3 is 2.67 bits per heavy atom. The van der Waals surface area contributed by atoms with Gasteiger partial charge in [0.2, 0.25) is 5.91 Å². The Bertz CT molecular complexity index is 1180. The molecule has 3 heterocycles.